The van der Waals surface area contributed by atoms with Crippen molar-refractivity contribution < 1.29 is 13.9 Å². The van der Waals surface area contributed by atoms with Crippen molar-refractivity contribution in [2.75, 3.05) is 7.11 Å². The molecule has 0 aliphatic carbocycles. The summed E-state index contributed by atoms with van der Waals surface area (Å²) in [7, 11) is 1.57. The van der Waals surface area contributed by atoms with E-state index < -0.39 is 0 Å². The summed E-state index contributed by atoms with van der Waals surface area (Å²) in [6.45, 7) is 0.225. The molecule has 0 amide bonds. The van der Waals surface area contributed by atoms with Gasteiger partial charge >= 0.3 is 0 Å². The van der Waals surface area contributed by atoms with Gasteiger partial charge in [0.2, 0.25) is 0 Å². The van der Waals surface area contributed by atoms with E-state index in [1.54, 1.807) is 25.3 Å². The van der Waals surface area contributed by atoms with Crippen LogP contribution in [0.1, 0.15) is 11.1 Å². The predicted octanol–water partition coefficient (Wildman–Crippen LogP) is 4.91. The maximum absolute atomic E-state index is 13.4. The Bertz CT molecular complexity index is 582. The van der Waals surface area contributed by atoms with Crippen LogP contribution >= 0.6 is 27.5 Å². The normalized spacial score (nSPS) is 10.4. The van der Waals surface area contributed by atoms with E-state index in [-0.39, 0.29) is 12.4 Å². The summed E-state index contributed by atoms with van der Waals surface area (Å²) in [5, 5.41) is 0. The van der Waals surface area contributed by atoms with E-state index in [4.69, 9.17) is 21.1 Å². The first kappa shape index (κ1) is 15.1. The lowest BCUT2D eigenvalue weighted by atomic mass is 10.2. The summed E-state index contributed by atoms with van der Waals surface area (Å²) in [4.78, 5) is 0. The van der Waals surface area contributed by atoms with Crippen LogP contribution in [-0.2, 0) is 12.5 Å². The molecule has 0 unspecified atom stereocenters. The van der Waals surface area contributed by atoms with Crippen molar-refractivity contribution in [3.8, 4) is 11.5 Å². The quantitative estimate of drug-likeness (QED) is 0.706. The fourth-order valence-electron chi connectivity index (χ4n) is 1.80. The Morgan fingerprint density at radius 2 is 1.85 bits per heavy atom. The Balaban J connectivity index is 2.24. The molecule has 2 aromatic rings. The lowest BCUT2D eigenvalue weighted by Crippen LogP contribution is -2.01. The second-order valence-corrected chi connectivity index (χ2v) is 5.14. The van der Waals surface area contributed by atoms with Gasteiger partial charge in [-0.25, -0.2) is 4.39 Å². The van der Waals surface area contributed by atoms with E-state index in [0.29, 0.717) is 21.9 Å². The minimum Gasteiger partial charge on any atom is -0.493 e. The predicted molar refractivity (Wildman–Crippen MR) is 81.0 cm³/mol. The molecule has 0 fully saturated rings. The van der Waals surface area contributed by atoms with E-state index in [1.165, 1.54) is 6.07 Å². The summed E-state index contributed by atoms with van der Waals surface area (Å²) in [5.74, 6) is 1.19. The zero-order valence-corrected chi connectivity index (χ0v) is 13.2. The first-order valence-electron chi connectivity index (χ1n) is 5.95. The van der Waals surface area contributed by atoms with Crippen LogP contribution in [0, 0.1) is 5.82 Å². The third-order valence-corrected chi connectivity index (χ3v) is 4.00. The number of halogens is 3. The Morgan fingerprint density at radius 1 is 1.15 bits per heavy atom. The molecule has 2 nitrogen and oxygen atoms in total. The topological polar surface area (TPSA) is 18.5 Å². The lowest BCUT2D eigenvalue weighted by molar-refractivity contribution is 0.281. The number of alkyl halides is 1. The Hall–Kier alpha value is -1.26. The van der Waals surface area contributed by atoms with Gasteiger partial charge in [0.15, 0.2) is 11.5 Å². The van der Waals surface area contributed by atoms with Gasteiger partial charge in [-0.05, 0) is 28.1 Å². The molecule has 0 aromatic heterocycles. The van der Waals surface area contributed by atoms with Gasteiger partial charge in [-0.2, -0.15) is 0 Å². The van der Waals surface area contributed by atoms with Crippen molar-refractivity contribution in [3.63, 3.8) is 0 Å². The van der Waals surface area contributed by atoms with Gasteiger partial charge in [0, 0.05) is 11.1 Å². The van der Waals surface area contributed by atoms with Crippen molar-refractivity contribution >= 4 is 27.5 Å². The van der Waals surface area contributed by atoms with Crippen molar-refractivity contribution in [2.24, 2.45) is 0 Å². The standard InChI is InChI=1S/C15H13BrClFO2/c1-19-13-7-3-4-10(8-17)15(13)20-9-11-5-2-6-12(18)14(11)16/h2-7H,8-9H2,1H3. The largest absolute Gasteiger partial charge is 0.493 e. The monoisotopic (exact) mass is 358 g/mol. The average Bonchev–Trinajstić information content (AvgIpc) is 2.48. The second-order valence-electron chi connectivity index (χ2n) is 4.08. The van der Waals surface area contributed by atoms with Crippen LogP contribution in [-0.4, -0.2) is 7.11 Å². The maximum Gasteiger partial charge on any atom is 0.166 e. The van der Waals surface area contributed by atoms with Crippen molar-refractivity contribution in [1.82, 2.24) is 0 Å². The van der Waals surface area contributed by atoms with E-state index in [2.05, 4.69) is 15.9 Å². The molecule has 0 saturated heterocycles. The number of para-hydroxylation sites is 1. The van der Waals surface area contributed by atoms with Gasteiger partial charge < -0.3 is 9.47 Å². The SMILES string of the molecule is COc1cccc(CCl)c1OCc1cccc(F)c1Br. The van der Waals surface area contributed by atoms with Crippen molar-refractivity contribution in [2.45, 2.75) is 12.5 Å². The Morgan fingerprint density at radius 3 is 2.55 bits per heavy atom. The highest BCUT2D eigenvalue weighted by atomic mass is 79.9. The number of hydrogen-bond donors (Lipinski definition) is 0. The summed E-state index contributed by atoms with van der Waals surface area (Å²) < 4.78 is 24.9. The van der Waals surface area contributed by atoms with Crippen LogP contribution in [0.3, 0.4) is 0 Å². The minimum atomic E-state index is -0.316. The van der Waals surface area contributed by atoms with Crippen molar-refractivity contribution in [1.29, 1.82) is 0 Å². The van der Waals surface area contributed by atoms with Crippen LogP contribution in [0.2, 0.25) is 0 Å². The van der Waals surface area contributed by atoms with Crippen LogP contribution in [0.5, 0.6) is 11.5 Å². The highest BCUT2D eigenvalue weighted by Crippen LogP contribution is 2.33. The molecule has 0 saturated carbocycles. The van der Waals surface area contributed by atoms with E-state index in [9.17, 15) is 4.39 Å². The lowest BCUT2D eigenvalue weighted by Gasteiger charge is -2.14. The molecule has 20 heavy (non-hydrogen) atoms. The number of hydrogen-bond acceptors (Lipinski definition) is 2. The molecular formula is C15H13BrClFO2. The molecule has 5 heteroatoms. The molecule has 2 rings (SSSR count). The van der Waals surface area contributed by atoms with Gasteiger partial charge in [0.1, 0.15) is 12.4 Å². The summed E-state index contributed by atoms with van der Waals surface area (Å²) in [6.07, 6.45) is 0. The Labute approximate surface area is 130 Å². The molecule has 2 aromatic carbocycles. The highest BCUT2D eigenvalue weighted by Gasteiger charge is 2.12. The van der Waals surface area contributed by atoms with Gasteiger partial charge in [0.25, 0.3) is 0 Å². The molecule has 0 heterocycles. The molecule has 0 atom stereocenters. The molecule has 0 aliphatic heterocycles. The van der Waals surface area contributed by atoms with Crippen LogP contribution in [0.4, 0.5) is 4.39 Å². The molecule has 106 valence electrons. The third kappa shape index (κ3) is 3.25. The second kappa shape index (κ2) is 6.95. The zero-order chi connectivity index (χ0) is 14.5. The maximum atomic E-state index is 13.4. The number of benzene rings is 2. The van der Waals surface area contributed by atoms with Gasteiger partial charge in [-0.3, -0.25) is 0 Å². The van der Waals surface area contributed by atoms with Crippen LogP contribution < -0.4 is 9.47 Å². The Kier molecular flexibility index (Phi) is 5.26. The fourth-order valence-corrected chi connectivity index (χ4v) is 2.39. The number of methoxy groups -OCH3 is 1. The molecule has 0 bridgehead atoms. The first-order valence-corrected chi connectivity index (χ1v) is 7.27. The van der Waals surface area contributed by atoms with Crippen LogP contribution in [0.15, 0.2) is 40.9 Å². The fraction of sp³-hybridized carbons (Fsp3) is 0.200. The van der Waals surface area contributed by atoms with Gasteiger partial charge in [-0.15, -0.1) is 11.6 Å². The van der Waals surface area contributed by atoms with Gasteiger partial charge in [-0.1, -0.05) is 24.3 Å². The highest BCUT2D eigenvalue weighted by molar-refractivity contribution is 9.10. The van der Waals surface area contributed by atoms with Gasteiger partial charge in [0.05, 0.1) is 17.5 Å². The van der Waals surface area contributed by atoms with Crippen molar-refractivity contribution in [3.05, 3.63) is 57.8 Å². The van der Waals surface area contributed by atoms with E-state index in [0.717, 1.165) is 11.1 Å². The number of ether oxygens (including phenoxy) is 2. The third-order valence-electron chi connectivity index (χ3n) is 2.83. The van der Waals surface area contributed by atoms with Crippen LogP contribution in [0.25, 0.3) is 0 Å². The molecule has 0 radical (unpaired) electrons. The van der Waals surface area contributed by atoms with E-state index in [1.807, 2.05) is 12.1 Å². The molecule has 0 N–H and O–H groups in total. The average molecular weight is 360 g/mol. The molecule has 0 spiro atoms. The van der Waals surface area contributed by atoms with E-state index >= 15 is 0 Å². The summed E-state index contributed by atoms with van der Waals surface area (Å²) >= 11 is 9.11. The molecule has 0 aliphatic rings. The molecular weight excluding hydrogens is 347 g/mol. The summed E-state index contributed by atoms with van der Waals surface area (Å²) in [5.41, 5.74) is 1.55. The first-order chi connectivity index (χ1) is 9.67. The number of rotatable bonds is 5. The minimum absolute atomic E-state index is 0.225. The smallest absolute Gasteiger partial charge is 0.166 e. The zero-order valence-electron chi connectivity index (χ0n) is 10.8. The summed E-state index contributed by atoms with van der Waals surface area (Å²) in [6, 6.07) is 10.3.